The summed E-state index contributed by atoms with van der Waals surface area (Å²) in [5.74, 6) is 3.23. The van der Waals surface area contributed by atoms with E-state index in [-0.39, 0.29) is 18.0 Å². The second-order valence-corrected chi connectivity index (χ2v) is 9.17. The molecule has 3 unspecified atom stereocenters. The van der Waals surface area contributed by atoms with Crippen molar-refractivity contribution in [2.75, 3.05) is 12.9 Å². The average Bonchev–Trinajstić information content (AvgIpc) is 3.14. The first-order chi connectivity index (χ1) is 13.9. The Labute approximate surface area is 177 Å². The summed E-state index contributed by atoms with van der Waals surface area (Å²) in [4.78, 5) is 12.6. The van der Waals surface area contributed by atoms with E-state index in [1.807, 2.05) is 24.3 Å². The average molecular weight is 417 g/mol. The third kappa shape index (κ3) is 5.13. The van der Waals surface area contributed by atoms with Crippen LogP contribution in [0.15, 0.2) is 29.4 Å². The maximum atomic E-state index is 12.6. The molecule has 158 valence electrons. The van der Waals surface area contributed by atoms with E-state index in [9.17, 15) is 4.79 Å². The van der Waals surface area contributed by atoms with Crippen LogP contribution >= 0.6 is 11.8 Å². The standard InChI is InChI=1S/C22H32N4O2S/c1-14(2)26-21(17-9-11-18(28-5)12-10-17)24-25-22(26)29-13-20(27)23-19-8-6-7-15(3)16(19)4/h9-12,14-16,19H,6-8,13H2,1-5H3,(H,23,27). The van der Waals surface area contributed by atoms with Gasteiger partial charge in [-0.25, -0.2) is 0 Å². The van der Waals surface area contributed by atoms with Crippen LogP contribution in [0.4, 0.5) is 0 Å². The number of nitrogens with one attached hydrogen (secondary N) is 1. The van der Waals surface area contributed by atoms with Crippen molar-refractivity contribution < 1.29 is 9.53 Å². The van der Waals surface area contributed by atoms with Crippen molar-refractivity contribution in [1.82, 2.24) is 20.1 Å². The molecule has 1 saturated carbocycles. The summed E-state index contributed by atoms with van der Waals surface area (Å²) in [5, 5.41) is 12.8. The first kappa shape index (κ1) is 21.7. The molecule has 0 spiro atoms. The molecule has 1 aromatic heterocycles. The van der Waals surface area contributed by atoms with Crippen LogP contribution in [0.2, 0.25) is 0 Å². The Morgan fingerprint density at radius 3 is 2.62 bits per heavy atom. The number of aromatic nitrogens is 3. The molecule has 1 amide bonds. The lowest BCUT2D eigenvalue weighted by Gasteiger charge is -2.34. The number of hydrogen-bond acceptors (Lipinski definition) is 5. The van der Waals surface area contributed by atoms with Gasteiger partial charge in [0.25, 0.3) is 0 Å². The number of nitrogens with zero attached hydrogens (tertiary/aromatic N) is 3. The van der Waals surface area contributed by atoms with Crippen molar-refractivity contribution >= 4 is 17.7 Å². The summed E-state index contributed by atoms with van der Waals surface area (Å²) in [6.07, 6.45) is 3.52. The number of hydrogen-bond donors (Lipinski definition) is 1. The van der Waals surface area contributed by atoms with E-state index in [1.165, 1.54) is 24.6 Å². The van der Waals surface area contributed by atoms with Crippen LogP contribution < -0.4 is 10.1 Å². The van der Waals surface area contributed by atoms with Crippen molar-refractivity contribution in [2.45, 2.75) is 64.2 Å². The van der Waals surface area contributed by atoms with E-state index < -0.39 is 0 Å². The minimum atomic E-state index is 0.0743. The zero-order valence-corrected chi connectivity index (χ0v) is 18.8. The fourth-order valence-electron chi connectivity index (χ4n) is 3.94. The van der Waals surface area contributed by atoms with E-state index in [2.05, 4.69) is 47.8 Å². The second-order valence-electron chi connectivity index (χ2n) is 8.23. The smallest absolute Gasteiger partial charge is 0.230 e. The van der Waals surface area contributed by atoms with Crippen molar-refractivity contribution in [3.63, 3.8) is 0 Å². The molecule has 1 N–H and O–H groups in total. The normalized spacial score (nSPS) is 21.9. The summed E-state index contributed by atoms with van der Waals surface area (Å²) >= 11 is 1.45. The number of benzene rings is 1. The molecule has 29 heavy (non-hydrogen) atoms. The van der Waals surface area contributed by atoms with E-state index >= 15 is 0 Å². The molecule has 1 aliphatic carbocycles. The number of carbonyl (C=O) groups excluding carboxylic acids is 1. The van der Waals surface area contributed by atoms with Gasteiger partial charge in [0.15, 0.2) is 11.0 Å². The molecule has 0 aliphatic heterocycles. The van der Waals surface area contributed by atoms with Crippen molar-refractivity contribution in [2.24, 2.45) is 11.8 Å². The first-order valence-electron chi connectivity index (χ1n) is 10.4. The van der Waals surface area contributed by atoms with Gasteiger partial charge in [0.05, 0.1) is 12.9 Å². The van der Waals surface area contributed by atoms with E-state index in [1.54, 1.807) is 7.11 Å². The van der Waals surface area contributed by atoms with Gasteiger partial charge in [-0.1, -0.05) is 38.5 Å². The molecule has 3 atom stereocenters. The van der Waals surface area contributed by atoms with Crippen LogP contribution in [0.3, 0.4) is 0 Å². The molecule has 2 aromatic rings. The fraction of sp³-hybridized carbons (Fsp3) is 0.591. The Hall–Kier alpha value is -2.02. The Morgan fingerprint density at radius 2 is 1.97 bits per heavy atom. The van der Waals surface area contributed by atoms with Gasteiger partial charge in [-0.05, 0) is 56.4 Å². The van der Waals surface area contributed by atoms with Crippen molar-refractivity contribution in [3.05, 3.63) is 24.3 Å². The highest BCUT2D eigenvalue weighted by atomic mass is 32.2. The van der Waals surface area contributed by atoms with Gasteiger partial charge < -0.3 is 10.1 Å². The van der Waals surface area contributed by atoms with Crippen LogP contribution in [0.25, 0.3) is 11.4 Å². The van der Waals surface area contributed by atoms with Gasteiger partial charge in [0.2, 0.25) is 5.91 Å². The van der Waals surface area contributed by atoms with Crippen LogP contribution in [-0.2, 0) is 4.79 Å². The Balaban J connectivity index is 1.67. The quantitative estimate of drug-likeness (QED) is 0.670. The van der Waals surface area contributed by atoms with Crippen LogP contribution in [0.5, 0.6) is 5.75 Å². The summed E-state index contributed by atoms with van der Waals surface area (Å²) in [6, 6.07) is 8.27. The van der Waals surface area contributed by atoms with E-state index in [0.29, 0.717) is 17.6 Å². The molecule has 6 nitrogen and oxygen atoms in total. The topological polar surface area (TPSA) is 69.0 Å². The lowest BCUT2D eigenvalue weighted by molar-refractivity contribution is -0.120. The van der Waals surface area contributed by atoms with E-state index in [4.69, 9.17) is 4.74 Å². The number of rotatable bonds is 7. The zero-order chi connectivity index (χ0) is 21.0. The molecular weight excluding hydrogens is 384 g/mol. The largest absolute Gasteiger partial charge is 0.497 e. The van der Waals surface area contributed by atoms with Gasteiger partial charge in [0.1, 0.15) is 5.75 Å². The van der Waals surface area contributed by atoms with Crippen LogP contribution in [0, 0.1) is 11.8 Å². The molecule has 1 aromatic carbocycles. The molecule has 0 saturated heterocycles. The Kier molecular flexibility index (Phi) is 7.22. The highest BCUT2D eigenvalue weighted by molar-refractivity contribution is 7.99. The van der Waals surface area contributed by atoms with Crippen LogP contribution in [0.1, 0.15) is 53.0 Å². The molecule has 7 heteroatoms. The third-order valence-corrected chi connectivity index (χ3v) is 6.86. The molecule has 1 heterocycles. The molecule has 1 aliphatic rings. The minimum Gasteiger partial charge on any atom is -0.497 e. The SMILES string of the molecule is COc1ccc(-c2nnc(SCC(=O)NC3CCCC(C)C3C)n2C(C)C)cc1. The number of amides is 1. The van der Waals surface area contributed by atoms with Gasteiger partial charge in [-0.15, -0.1) is 10.2 Å². The molecule has 3 rings (SSSR count). The van der Waals surface area contributed by atoms with Gasteiger partial charge in [-0.2, -0.15) is 0 Å². The molecule has 1 fully saturated rings. The minimum absolute atomic E-state index is 0.0743. The lowest BCUT2D eigenvalue weighted by Crippen LogP contribution is -2.44. The van der Waals surface area contributed by atoms with Crippen LogP contribution in [-0.4, -0.2) is 39.6 Å². The predicted octanol–water partition coefficient (Wildman–Crippen LogP) is 4.57. The summed E-state index contributed by atoms with van der Waals surface area (Å²) in [7, 11) is 1.65. The zero-order valence-electron chi connectivity index (χ0n) is 18.0. The highest BCUT2D eigenvalue weighted by Crippen LogP contribution is 2.31. The number of ether oxygens (including phenoxy) is 1. The highest BCUT2D eigenvalue weighted by Gasteiger charge is 2.28. The van der Waals surface area contributed by atoms with E-state index in [0.717, 1.165) is 28.7 Å². The number of methoxy groups -OCH3 is 1. The van der Waals surface area contributed by atoms with Gasteiger partial charge >= 0.3 is 0 Å². The summed E-state index contributed by atoms with van der Waals surface area (Å²) in [5.41, 5.74) is 0.980. The Morgan fingerprint density at radius 1 is 1.24 bits per heavy atom. The van der Waals surface area contributed by atoms with Crippen molar-refractivity contribution in [3.8, 4) is 17.1 Å². The van der Waals surface area contributed by atoms with Gasteiger partial charge in [0, 0.05) is 17.6 Å². The number of carbonyl (C=O) groups is 1. The maximum Gasteiger partial charge on any atom is 0.230 e. The van der Waals surface area contributed by atoms with Gasteiger partial charge in [-0.3, -0.25) is 9.36 Å². The lowest BCUT2D eigenvalue weighted by atomic mass is 9.78. The molecule has 0 radical (unpaired) electrons. The predicted molar refractivity (Wildman–Crippen MR) is 117 cm³/mol. The summed E-state index contributed by atoms with van der Waals surface area (Å²) < 4.78 is 7.33. The fourth-order valence-corrected chi connectivity index (χ4v) is 4.82. The Bertz CT molecular complexity index is 819. The summed E-state index contributed by atoms with van der Waals surface area (Å²) in [6.45, 7) is 8.74. The maximum absolute atomic E-state index is 12.6. The monoisotopic (exact) mass is 416 g/mol. The molecule has 0 bridgehead atoms. The van der Waals surface area contributed by atoms with Crippen molar-refractivity contribution in [1.29, 1.82) is 0 Å². The number of thioether (sulfide) groups is 1. The second kappa shape index (κ2) is 9.65. The third-order valence-electron chi connectivity index (χ3n) is 5.91. The first-order valence-corrected chi connectivity index (χ1v) is 11.4. The molecular formula is C22H32N4O2S.